The van der Waals surface area contributed by atoms with Crippen LogP contribution in [0.4, 0.5) is 0 Å². The van der Waals surface area contributed by atoms with Gasteiger partial charge in [-0.25, -0.2) is 4.68 Å². The predicted octanol–water partition coefficient (Wildman–Crippen LogP) is 1.56. The molecule has 0 saturated carbocycles. The van der Waals surface area contributed by atoms with Gasteiger partial charge in [0.25, 0.3) is 0 Å². The van der Waals surface area contributed by atoms with Crippen molar-refractivity contribution in [1.29, 1.82) is 0 Å². The van der Waals surface area contributed by atoms with Gasteiger partial charge in [-0.05, 0) is 17.3 Å². The summed E-state index contributed by atoms with van der Waals surface area (Å²) in [5.74, 6) is 1.37. The highest BCUT2D eigenvalue weighted by atomic mass is 16.4. The first-order valence-electron chi connectivity index (χ1n) is 8.28. The van der Waals surface area contributed by atoms with Crippen LogP contribution in [0, 0.1) is 0 Å². The first kappa shape index (κ1) is 15.3. The van der Waals surface area contributed by atoms with Gasteiger partial charge in [0, 0.05) is 5.56 Å². The summed E-state index contributed by atoms with van der Waals surface area (Å²) in [5, 5.41) is 28.8. The van der Waals surface area contributed by atoms with Crippen LogP contribution < -0.4 is 0 Å². The third-order valence-electron chi connectivity index (χ3n) is 3.98. The second kappa shape index (κ2) is 6.41. The van der Waals surface area contributed by atoms with E-state index in [2.05, 4.69) is 35.9 Å². The van der Waals surface area contributed by atoms with Crippen molar-refractivity contribution in [3.05, 3.63) is 66.4 Å². The van der Waals surface area contributed by atoms with E-state index in [1.165, 1.54) is 4.80 Å². The molecular weight excluding hydrogens is 346 g/mol. The molecule has 0 aliphatic heterocycles. The molecule has 27 heavy (non-hydrogen) atoms. The minimum Gasteiger partial charge on any atom is -0.421 e. The monoisotopic (exact) mass is 359 g/mol. The summed E-state index contributed by atoms with van der Waals surface area (Å²) in [6.45, 7) is 0.582. The minimum absolute atomic E-state index is 0.241. The van der Waals surface area contributed by atoms with Crippen LogP contribution in [0.3, 0.4) is 0 Å². The Balaban J connectivity index is 1.32. The first-order chi connectivity index (χ1) is 13.3. The van der Waals surface area contributed by atoms with Gasteiger partial charge in [-0.15, -0.1) is 25.5 Å². The van der Waals surface area contributed by atoms with Gasteiger partial charge in [0.2, 0.25) is 17.6 Å². The van der Waals surface area contributed by atoms with Crippen molar-refractivity contribution in [3.63, 3.8) is 0 Å². The van der Waals surface area contributed by atoms with Gasteiger partial charge in [0.1, 0.15) is 18.6 Å². The minimum atomic E-state index is 0.241. The Labute approximate surface area is 152 Å². The summed E-state index contributed by atoms with van der Waals surface area (Å²) in [7, 11) is 0. The molecule has 0 atom stereocenters. The quantitative estimate of drug-likeness (QED) is 0.464. The third-order valence-corrected chi connectivity index (χ3v) is 3.98. The molecule has 0 spiro atoms. The van der Waals surface area contributed by atoms with Gasteiger partial charge in [-0.2, -0.15) is 4.80 Å². The summed E-state index contributed by atoms with van der Waals surface area (Å²) in [4.78, 5) is 1.42. The lowest BCUT2D eigenvalue weighted by Gasteiger charge is -1.97. The van der Waals surface area contributed by atoms with Crippen LogP contribution >= 0.6 is 0 Å². The number of hydrogen-bond acceptors (Lipinski definition) is 8. The summed E-state index contributed by atoms with van der Waals surface area (Å²) >= 11 is 0. The van der Waals surface area contributed by atoms with Crippen LogP contribution in [0.15, 0.2) is 59.0 Å². The van der Waals surface area contributed by atoms with Crippen LogP contribution in [0.25, 0.3) is 22.4 Å². The lowest BCUT2D eigenvalue weighted by Crippen LogP contribution is -2.04. The molecule has 0 unspecified atom stereocenters. The SMILES string of the molecule is c1ccc(-c2nnn(Cc3nnc(Cn4nnc5ccccc54)o3)n2)cc1. The van der Waals surface area contributed by atoms with Gasteiger partial charge >= 0.3 is 0 Å². The van der Waals surface area contributed by atoms with E-state index in [9.17, 15) is 0 Å². The van der Waals surface area contributed by atoms with E-state index >= 15 is 0 Å². The van der Waals surface area contributed by atoms with E-state index in [1.54, 1.807) is 4.68 Å². The average molecular weight is 359 g/mol. The van der Waals surface area contributed by atoms with Crippen LogP contribution in [-0.2, 0) is 13.1 Å². The summed E-state index contributed by atoms with van der Waals surface area (Å²) in [6, 6.07) is 17.3. The molecule has 10 nitrogen and oxygen atoms in total. The molecule has 10 heteroatoms. The maximum Gasteiger partial charge on any atom is 0.239 e. The molecule has 0 saturated heterocycles. The Morgan fingerprint density at radius 2 is 1.52 bits per heavy atom. The zero-order valence-electron chi connectivity index (χ0n) is 14.0. The third kappa shape index (κ3) is 3.03. The Bertz CT molecular complexity index is 1190. The Hall–Kier alpha value is -3.95. The highest BCUT2D eigenvalue weighted by Crippen LogP contribution is 2.13. The molecule has 5 rings (SSSR count). The fourth-order valence-electron chi connectivity index (χ4n) is 2.71. The van der Waals surface area contributed by atoms with Crippen molar-refractivity contribution in [2.75, 3.05) is 0 Å². The molecule has 0 radical (unpaired) electrons. The highest BCUT2D eigenvalue weighted by molar-refractivity contribution is 5.73. The number of fused-ring (bicyclic) bond motifs is 1. The van der Waals surface area contributed by atoms with E-state index in [-0.39, 0.29) is 6.54 Å². The number of benzene rings is 2. The van der Waals surface area contributed by atoms with E-state index in [4.69, 9.17) is 4.42 Å². The van der Waals surface area contributed by atoms with Crippen molar-refractivity contribution in [1.82, 2.24) is 45.4 Å². The number of aromatic nitrogens is 9. The number of rotatable bonds is 5. The van der Waals surface area contributed by atoms with Crippen molar-refractivity contribution in [2.24, 2.45) is 0 Å². The molecule has 0 bridgehead atoms. The average Bonchev–Trinajstić information content (AvgIpc) is 3.44. The Kier molecular flexibility index (Phi) is 3.63. The fraction of sp³-hybridized carbons (Fsp3) is 0.118. The summed E-state index contributed by atoms with van der Waals surface area (Å²) in [6.07, 6.45) is 0. The predicted molar refractivity (Wildman–Crippen MR) is 93.3 cm³/mol. The van der Waals surface area contributed by atoms with Crippen LogP contribution in [0.1, 0.15) is 11.8 Å². The highest BCUT2D eigenvalue weighted by Gasteiger charge is 2.12. The molecular formula is C17H13N9O. The molecule has 0 N–H and O–H groups in total. The van der Waals surface area contributed by atoms with E-state index in [1.807, 2.05) is 54.6 Å². The van der Waals surface area contributed by atoms with Crippen molar-refractivity contribution in [2.45, 2.75) is 13.1 Å². The van der Waals surface area contributed by atoms with Crippen molar-refractivity contribution >= 4 is 11.0 Å². The Morgan fingerprint density at radius 1 is 0.741 bits per heavy atom. The number of tetrazole rings is 1. The second-order valence-electron chi connectivity index (χ2n) is 5.83. The number of nitrogens with zero attached hydrogens (tertiary/aromatic N) is 9. The molecule has 0 fully saturated rings. The van der Waals surface area contributed by atoms with Gasteiger partial charge in [-0.3, -0.25) is 0 Å². The lowest BCUT2D eigenvalue weighted by molar-refractivity contribution is 0.401. The normalized spacial score (nSPS) is 11.3. The lowest BCUT2D eigenvalue weighted by atomic mass is 10.2. The zero-order chi connectivity index (χ0) is 18.1. The van der Waals surface area contributed by atoms with E-state index in [0.717, 1.165) is 16.6 Å². The molecule has 5 aromatic rings. The van der Waals surface area contributed by atoms with Crippen LogP contribution in [0.2, 0.25) is 0 Å². The summed E-state index contributed by atoms with van der Waals surface area (Å²) in [5.41, 5.74) is 2.62. The number of para-hydroxylation sites is 1. The Morgan fingerprint density at radius 3 is 2.41 bits per heavy atom. The van der Waals surface area contributed by atoms with Gasteiger partial charge in [0.05, 0.1) is 5.52 Å². The van der Waals surface area contributed by atoms with Gasteiger partial charge in [0.15, 0.2) is 0 Å². The second-order valence-corrected chi connectivity index (χ2v) is 5.83. The first-order valence-corrected chi connectivity index (χ1v) is 8.28. The molecule has 132 valence electrons. The molecule has 0 amide bonds. The molecule has 0 aliphatic carbocycles. The van der Waals surface area contributed by atoms with Crippen molar-refractivity contribution in [3.8, 4) is 11.4 Å². The molecule has 0 aliphatic rings. The van der Waals surface area contributed by atoms with E-state index < -0.39 is 0 Å². The van der Waals surface area contributed by atoms with Crippen LogP contribution in [0.5, 0.6) is 0 Å². The van der Waals surface area contributed by atoms with E-state index in [0.29, 0.717) is 24.2 Å². The maximum atomic E-state index is 5.69. The van der Waals surface area contributed by atoms with Crippen molar-refractivity contribution < 1.29 is 4.42 Å². The maximum absolute atomic E-state index is 5.69. The number of hydrogen-bond donors (Lipinski definition) is 0. The molecule has 2 aromatic carbocycles. The molecule has 3 aromatic heterocycles. The van der Waals surface area contributed by atoms with Gasteiger partial charge < -0.3 is 4.42 Å². The van der Waals surface area contributed by atoms with Crippen LogP contribution in [-0.4, -0.2) is 45.4 Å². The fourth-order valence-corrected chi connectivity index (χ4v) is 2.71. The smallest absolute Gasteiger partial charge is 0.239 e. The standard InChI is InChI=1S/C17H13N9O/c1-2-6-12(7-3-1)17-21-24-26(22-17)11-16-20-19-15(27-16)10-25-14-9-5-4-8-13(14)18-23-25/h1-9H,10-11H2. The summed E-state index contributed by atoms with van der Waals surface area (Å²) < 4.78 is 7.40. The zero-order valence-corrected chi connectivity index (χ0v) is 14.0. The largest absolute Gasteiger partial charge is 0.421 e. The van der Waals surface area contributed by atoms with Gasteiger partial charge in [-0.1, -0.05) is 47.7 Å². The topological polar surface area (TPSA) is 113 Å². The molecule has 3 heterocycles.